The lowest BCUT2D eigenvalue weighted by atomic mass is 9.90. The normalized spacial score (nSPS) is 18.8. The Morgan fingerprint density at radius 1 is 1.31 bits per heavy atom. The number of ether oxygens (including phenoxy) is 1. The summed E-state index contributed by atoms with van der Waals surface area (Å²) in [4.78, 5) is 4.30. The van der Waals surface area contributed by atoms with Crippen molar-refractivity contribution in [2.24, 2.45) is 4.99 Å². The Morgan fingerprint density at radius 2 is 2.07 bits per heavy atom. The number of likely N-dealkylation sites (N-methyl/N-ethyl adjacent to an activating group) is 1. The average molecular weight is 437 g/mol. The van der Waals surface area contributed by atoms with Gasteiger partial charge in [0.1, 0.15) is 15.6 Å². The summed E-state index contributed by atoms with van der Waals surface area (Å²) >= 11 is 1.22. The van der Waals surface area contributed by atoms with E-state index in [0.717, 1.165) is 17.7 Å². The highest BCUT2D eigenvalue weighted by molar-refractivity contribution is 7.91. The van der Waals surface area contributed by atoms with Crippen molar-refractivity contribution in [1.29, 1.82) is 0 Å². The minimum Gasteiger partial charge on any atom is -0.487 e. The van der Waals surface area contributed by atoms with E-state index >= 15 is 0 Å². The molecule has 1 aromatic carbocycles. The van der Waals surface area contributed by atoms with Crippen LogP contribution in [0, 0.1) is 0 Å². The van der Waals surface area contributed by atoms with Gasteiger partial charge >= 0.3 is 0 Å². The van der Waals surface area contributed by atoms with Crippen LogP contribution >= 0.6 is 11.3 Å². The molecule has 0 saturated carbocycles. The standard InChI is InChI=1S/C20H28N4O3S2/c1-20(2)14-16(15-8-5-6-9-17(15)27-20)23-19(21-3)22-11-12-24(4)29(25,26)18-10-7-13-28-18/h5-10,13,16H,11-12,14H2,1-4H3,(H2,21,22,23). The molecule has 2 aromatic rings. The Labute approximate surface area is 176 Å². The van der Waals surface area contributed by atoms with Crippen LogP contribution in [0.5, 0.6) is 5.75 Å². The van der Waals surface area contributed by atoms with E-state index in [0.29, 0.717) is 23.3 Å². The zero-order valence-corrected chi connectivity index (χ0v) is 18.8. The van der Waals surface area contributed by atoms with Crippen LogP contribution in [0.1, 0.15) is 31.9 Å². The van der Waals surface area contributed by atoms with Gasteiger partial charge in [-0.3, -0.25) is 4.99 Å². The van der Waals surface area contributed by atoms with Gasteiger partial charge in [0.15, 0.2) is 5.96 Å². The SMILES string of the molecule is CN=C(NCCN(C)S(=O)(=O)c1cccs1)NC1CC(C)(C)Oc2ccccc21. The quantitative estimate of drug-likeness (QED) is 0.537. The fraction of sp³-hybridized carbons (Fsp3) is 0.450. The van der Waals surface area contributed by atoms with Crippen LogP contribution in [0.25, 0.3) is 0 Å². The van der Waals surface area contributed by atoms with Crippen LogP contribution < -0.4 is 15.4 Å². The fourth-order valence-corrected chi connectivity index (χ4v) is 5.68. The molecule has 9 heteroatoms. The van der Waals surface area contributed by atoms with Gasteiger partial charge < -0.3 is 15.4 Å². The Hall–Kier alpha value is -2.10. The van der Waals surface area contributed by atoms with E-state index in [4.69, 9.17) is 4.74 Å². The number of guanidine groups is 1. The van der Waals surface area contributed by atoms with E-state index in [1.165, 1.54) is 15.6 Å². The molecular weight excluding hydrogens is 408 g/mol. The van der Waals surface area contributed by atoms with Crippen LogP contribution in [-0.4, -0.2) is 51.5 Å². The molecule has 1 aliphatic heterocycles. The summed E-state index contributed by atoms with van der Waals surface area (Å²) in [7, 11) is -0.154. The molecule has 1 unspecified atom stereocenters. The molecule has 3 rings (SSSR count). The summed E-state index contributed by atoms with van der Waals surface area (Å²) in [5, 5.41) is 8.43. The lowest BCUT2D eigenvalue weighted by Gasteiger charge is -2.38. The second-order valence-corrected chi connectivity index (χ2v) is 10.8. The topological polar surface area (TPSA) is 83.0 Å². The molecule has 0 bridgehead atoms. The van der Waals surface area contributed by atoms with Gasteiger partial charge in [0.25, 0.3) is 10.0 Å². The number of hydrogen-bond donors (Lipinski definition) is 2. The maximum Gasteiger partial charge on any atom is 0.252 e. The number of para-hydroxylation sites is 1. The van der Waals surface area contributed by atoms with Crippen molar-refractivity contribution in [2.75, 3.05) is 27.2 Å². The molecule has 0 aliphatic carbocycles. The number of thiophene rings is 1. The van der Waals surface area contributed by atoms with E-state index < -0.39 is 10.0 Å². The van der Waals surface area contributed by atoms with E-state index in [-0.39, 0.29) is 11.6 Å². The van der Waals surface area contributed by atoms with Crippen LogP contribution in [0.4, 0.5) is 0 Å². The Balaban J connectivity index is 1.60. The molecule has 2 heterocycles. The van der Waals surface area contributed by atoms with Gasteiger partial charge in [-0.15, -0.1) is 11.3 Å². The Morgan fingerprint density at radius 3 is 2.76 bits per heavy atom. The second-order valence-electron chi connectivity index (χ2n) is 7.56. The third-order valence-electron chi connectivity index (χ3n) is 4.79. The summed E-state index contributed by atoms with van der Waals surface area (Å²) in [6, 6.07) is 11.4. The molecule has 1 aliphatic rings. The van der Waals surface area contributed by atoms with Crippen molar-refractivity contribution < 1.29 is 13.2 Å². The van der Waals surface area contributed by atoms with E-state index in [9.17, 15) is 8.42 Å². The zero-order chi connectivity index (χ0) is 21.1. The monoisotopic (exact) mass is 436 g/mol. The van der Waals surface area contributed by atoms with Gasteiger partial charge in [-0.05, 0) is 31.4 Å². The van der Waals surface area contributed by atoms with Crippen molar-refractivity contribution in [2.45, 2.75) is 36.1 Å². The maximum atomic E-state index is 12.5. The number of sulfonamides is 1. The number of aliphatic imine (C=N–C) groups is 1. The summed E-state index contributed by atoms with van der Waals surface area (Å²) < 4.78 is 32.8. The number of rotatable bonds is 6. The first-order valence-electron chi connectivity index (χ1n) is 9.48. The number of hydrogen-bond acceptors (Lipinski definition) is 5. The van der Waals surface area contributed by atoms with Gasteiger partial charge in [-0.25, -0.2) is 8.42 Å². The Kier molecular flexibility index (Phi) is 6.50. The summed E-state index contributed by atoms with van der Waals surface area (Å²) in [5.41, 5.74) is 0.798. The molecule has 29 heavy (non-hydrogen) atoms. The predicted molar refractivity (Wildman–Crippen MR) is 117 cm³/mol. The van der Waals surface area contributed by atoms with Crippen LogP contribution in [0.3, 0.4) is 0 Å². The molecular formula is C20H28N4O3S2. The van der Waals surface area contributed by atoms with E-state index in [1.54, 1.807) is 31.6 Å². The predicted octanol–water partition coefficient (Wildman–Crippen LogP) is 2.84. The molecule has 7 nitrogen and oxygen atoms in total. The molecule has 1 aromatic heterocycles. The lowest BCUT2D eigenvalue weighted by Crippen LogP contribution is -2.46. The highest BCUT2D eigenvalue weighted by Crippen LogP contribution is 2.39. The summed E-state index contributed by atoms with van der Waals surface area (Å²) in [5.74, 6) is 1.50. The zero-order valence-electron chi connectivity index (χ0n) is 17.2. The first kappa shape index (κ1) is 21.6. The maximum absolute atomic E-state index is 12.5. The van der Waals surface area contributed by atoms with Crippen molar-refractivity contribution in [1.82, 2.24) is 14.9 Å². The molecule has 0 fully saturated rings. The fourth-order valence-electron chi connectivity index (χ4n) is 3.31. The van der Waals surface area contributed by atoms with Gasteiger partial charge in [0.2, 0.25) is 0 Å². The average Bonchev–Trinajstić information content (AvgIpc) is 3.21. The summed E-state index contributed by atoms with van der Waals surface area (Å²) in [6.45, 7) is 4.91. The number of benzene rings is 1. The third kappa shape index (κ3) is 5.09. The molecule has 158 valence electrons. The van der Waals surface area contributed by atoms with Crippen LogP contribution in [0.2, 0.25) is 0 Å². The number of nitrogens with one attached hydrogen (secondary N) is 2. The van der Waals surface area contributed by atoms with E-state index in [1.807, 2.05) is 18.2 Å². The van der Waals surface area contributed by atoms with Crippen LogP contribution in [0.15, 0.2) is 51.0 Å². The van der Waals surface area contributed by atoms with E-state index in [2.05, 4.69) is 35.5 Å². The van der Waals surface area contributed by atoms with Crippen molar-refractivity contribution >= 4 is 27.3 Å². The largest absolute Gasteiger partial charge is 0.487 e. The van der Waals surface area contributed by atoms with Gasteiger partial charge in [-0.1, -0.05) is 24.3 Å². The number of nitrogens with zero attached hydrogens (tertiary/aromatic N) is 2. The van der Waals surface area contributed by atoms with Gasteiger partial charge in [-0.2, -0.15) is 4.31 Å². The van der Waals surface area contributed by atoms with Crippen molar-refractivity contribution in [3.8, 4) is 5.75 Å². The third-order valence-corrected chi connectivity index (χ3v) is 8.02. The minimum atomic E-state index is -3.45. The van der Waals surface area contributed by atoms with Crippen molar-refractivity contribution in [3.63, 3.8) is 0 Å². The van der Waals surface area contributed by atoms with Crippen LogP contribution in [-0.2, 0) is 10.0 Å². The van der Waals surface area contributed by atoms with Crippen molar-refractivity contribution in [3.05, 3.63) is 47.3 Å². The second kappa shape index (κ2) is 8.73. The smallest absolute Gasteiger partial charge is 0.252 e. The molecule has 0 amide bonds. The summed E-state index contributed by atoms with van der Waals surface area (Å²) in [6.07, 6.45) is 0.789. The molecule has 0 spiro atoms. The first-order chi connectivity index (χ1) is 13.7. The minimum absolute atomic E-state index is 0.0498. The highest BCUT2D eigenvalue weighted by atomic mass is 32.2. The highest BCUT2D eigenvalue weighted by Gasteiger charge is 2.34. The number of fused-ring (bicyclic) bond motifs is 1. The van der Waals surface area contributed by atoms with Gasteiger partial charge in [0.05, 0.1) is 6.04 Å². The molecule has 1 atom stereocenters. The Bertz CT molecular complexity index is 956. The lowest BCUT2D eigenvalue weighted by molar-refractivity contribution is 0.0694. The first-order valence-corrected chi connectivity index (χ1v) is 11.8. The van der Waals surface area contributed by atoms with Gasteiger partial charge in [0, 0.05) is 39.2 Å². The molecule has 0 radical (unpaired) electrons. The molecule has 0 saturated heterocycles. The molecule has 2 N–H and O–H groups in total.